The Morgan fingerprint density at radius 3 is 2.43 bits per heavy atom. The lowest BCUT2D eigenvalue weighted by Crippen LogP contribution is -2.11. The van der Waals surface area contributed by atoms with E-state index >= 15 is 0 Å². The molecule has 0 fully saturated rings. The maximum absolute atomic E-state index is 9.80. The van der Waals surface area contributed by atoms with Crippen LogP contribution >= 0.6 is 24.8 Å². The number of benzene rings is 1. The van der Waals surface area contributed by atoms with Crippen LogP contribution in [0.25, 0.3) is 10.9 Å². The zero-order valence-corrected chi connectivity index (χ0v) is 15.8. The highest BCUT2D eigenvalue weighted by Crippen LogP contribution is 2.29. The van der Waals surface area contributed by atoms with E-state index in [0.717, 1.165) is 42.3 Å². The predicted octanol–water partition coefficient (Wildman–Crippen LogP) is 4.78. The van der Waals surface area contributed by atoms with Gasteiger partial charge in [-0.05, 0) is 54.5 Å². The van der Waals surface area contributed by atoms with Crippen molar-refractivity contribution in [1.82, 2.24) is 4.98 Å². The lowest BCUT2D eigenvalue weighted by molar-refractivity contribution is 0.476. The van der Waals surface area contributed by atoms with Crippen molar-refractivity contribution in [1.29, 1.82) is 0 Å². The number of aromatic hydroxyl groups is 1. The molecular weight excluding hydrogens is 331 g/mol. The summed E-state index contributed by atoms with van der Waals surface area (Å²) < 4.78 is 0. The summed E-state index contributed by atoms with van der Waals surface area (Å²) >= 11 is 0. The first-order valence-corrected chi connectivity index (χ1v) is 7.90. The van der Waals surface area contributed by atoms with Gasteiger partial charge in [-0.1, -0.05) is 27.2 Å². The maximum atomic E-state index is 9.80. The molecule has 0 aliphatic heterocycles. The summed E-state index contributed by atoms with van der Waals surface area (Å²) in [5, 5.41) is 10.9. The third-order valence-electron chi connectivity index (χ3n) is 3.86. The average molecular weight is 359 g/mol. The molecule has 0 aliphatic rings. The van der Waals surface area contributed by atoms with Gasteiger partial charge in [0.2, 0.25) is 0 Å². The number of aromatic nitrogens is 1. The number of phenols is 1. The van der Waals surface area contributed by atoms with Crippen molar-refractivity contribution < 1.29 is 5.11 Å². The topological polar surface area (TPSA) is 59.1 Å². The van der Waals surface area contributed by atoms with Gasteiger partial charge in [-0.25, -0.2) is 0 Å². The van der Waals surface area contributed by atoms with E-state index in [1.807, 2.05) is 12.1 Å². The number of aryl methyl sites for hydroxylation is 1. The van der Waals surface area contributed by atoms with Crippen molar-refractivity contribution >= 4 is 35.7 Å². The first-order chi connectivity index (χ1) is 10.1. The number of unbranched alkanes of at least 4 members (excludes halogenated alkanes) is 1. The molecule has 0 saturated carbocycles. The molecule has 5 heteroatoms. The van der Waals surface area contributed by atoms with Crippen LogP contribution in [0.5, 0.6) is 5.75 Å². The summed E-state index contributed by atoms with van der Waals surface area (Å²) in [6.45, 7) is 7.11. The predicted molar refractivity (Wildman–Crippen MR) is 103 cm³/mol. The summed E-state index contributed by atoms with van der Waals surface area (Å²) in [6.07, 6.45) is 4.22. The highest BCUT2D eigenvalue weighted by atomic mass is 35.5. The molecular formula is C18H28Cl2N2O. The van der Waals surface area contributed by atoms with Crippen LogP contribution in [-0.2, 0) is 19.4 Å². The molecule has 1 heterocycles. The van der Waals surface area contributed by atoms with Gasteiger partial charge in [0.15, 0.2) is 0 Å². The molecule has 2 aromatic rings. The number of rotatable bonds is 6. The molecule has 0 bridgehead atoms. The molecule has 2 rings (SSSR count). The standard InChI is InChI=1S/C18H26N2O.2ClH/c1-4-5-6-14-15-10-13(21)7-8-17(15)20-18(9-12(2)3)16(14)11-19;;/h7-8,10,12,21H,4-6,9,11,19H2,1-3H3;2*1H. The first-order valence-electron chi connectivity index (χ1n) is 7.90. The van der Waals surface area contributed by atoms with Gasteiger partial charge >= 0.3 is 0 Å². The lowest BCUT2D eigenvalue weighted by atomic mass is 9.93. The lowest BCUT2D eigenvalue weighted by Gasteiger charge is -2.17. The van der Waals surface area contributed by atoms with Crippen molar-refractivity contribution in [2.45, 2.75) is 53.0 Å². The molecule has 0 unspecified atom stereocenters. The van der Waals surface area contributed by atoms with Gasteiger partial charge < -0.3 is 10.8 Å². The zero-order valence-electron chi connectivity index (χ0n) is 14.1. The molecule has 0 saturated heterocycles. The molecule has 0 atom stereocenters. The van der Waals surface area contributed by atoms with E-state index < -0.39 is 0 Å². The van der Waals surface area contributed by atoms with Crippen LogP contribution < -0.4 is 5.73 Å². The number of nitrogens with zero attached hydrogens (tertiary/aromatic N) is 1. The second-order valence-corrected chi connectivity index (χ2v) is 6.12. The Bertz CT molecular complexity index is 630. The van der Waals surface area contributed by atoms with Crippen molar-refractivity contribution in [3.8, 4) is 5.75 Å². The number of hydrogen-bond donors (Lipinski definition) is 2. The van der Waals surface area contributed by atoms with Gasteiger partial charge in [0, 0.05) is 17.6 Å². The van der Waals surface area contributed by atoms with Gasteiger partial charge in [0.25, 0.3) is 0 Å². The minimum atomic E-state index is 0. The van der Waals surface area contributed by atoms with Crippen molar-refractivity contribution in [3.63, 3.8) is 0 Å². The highest BCUT2D eigenvalue weighted by molar-refractivity contribution is 5.86. The van der Waals surface area contributed by atoms with Crippen LogP contribution in [-0.4, -0.2) is 10.1 Å². The van der Waals surface area contributed by atoms with Crippen molar-refractivity contribution in [2.24, 2.45) is 11.7 Å². The highest BCUT2D eigenvalue weighted by Gasteiger charge is 2.15. The fourth-order valence-electron chi connectivity index (χ4n) is 2.85. The molecule has 0 aliphatic carbocycles. The van der Waals surface area contributed by atoms with Crippen LogP contribution in [0.1, 0.15) is 50.4 Å². The van der Waals surface area contributed by atoms with E-state index in [2.05, 4.69) is 20.8 Å². The van der Waals surface area contributed by atoms with Crippen LogP contribution in [0.2, 0.25) is 0 Å². The van der Waals surface area contributed by atoms with Crippen molar-refractivity contribution in [2.75, 3.05) is 0 Å². The smallest absolute Gasteiger partial charge is 0.116 e. The van der Waals surface area contributed by atoms with E-state index in [4.69, 9.17) is 10.7 Å². The summed E-state index contributed by atoms with van der Waals surface area (Å²) in [5.74, 6) is 0.845. The van der Waals surface area contributed by atoms with Crippen LogP contribution in [0.4, 0.5) is 0 Å². The fraction of sp³-hybridized carbons (Fsp3) is 0.500. The van der Waals surface area contributed by atoms with E-state index in [1.54, 1.807) is 6.07 Å². The molecule has 1 aromatic heterocycles. The monoisotopic (exact) mass is 358 g/mol. The molecule has 130 valence electrons. The minimum absolute atomic E-state index is 0. The molecule has 3 nitrogen and oxygen atoms in total. The quantitative estimate of drug-likeness (QED) is 0.780. The number of pyridine rings is 1. The Balaban J connectivity index is 0.00000242. The van der Waals surface area contributed by atoms with Gasteiger partial charge in [-0.2, -0.15) is 0 Å². The largest absolute Gasteiger partial charge is 0.508 e. The Morgan fingerprint density at radius 1 is 1.17 bits per heavy atom. The third kappa shape index (κ3) is 5.23. The summed E-state index contributed by atoms with van der Waals surface area (Å²) in [6, 6.07) is 5.44. The molecule has 0 amide bonds. The summed E-state index contributed by atoms with van der Waals surface area (Å²) in [5.41, 5.74) is 10.6. The van der Waals surface area contributed by atoms with Crippen molar-refractivity contribution in [3.05, 3.63) is 35.0 Å². The zero-order chi connectivity index (χ0) is 15.4. The SMILES string of the molecule is CCCCc1c(CN)c(CC(C)C)nc2ccc(O)cc12.Cl.Cl. The van der Waals surface area contributed by atoms with Crippen LogP contribution in [0.15, 0.2) is 18.2 Å². The van der Waals surface area contributed by atoms with E-state index in [0.29, 0.717) is 18.2 Å². The molecule has 0 spiro atoms. The first kappa shape index (κ1) is 22.0. The van der Waals surface area contributed by atoms with E-state index in [9.17, 15) is 5.11 Å². The van der Waals surface area contributed by atoms with Gasteiger partial charge in [0.05, 0.1) is 5.52 Å². The van der Waals surface area contributed by atoms with Crippen LogP contribution in [0.3, 0.4) is 0 Å². The van der Waals surface area contributed by atoms with E-state index in [-0.39, 0.29) is 24.8 Å². The minimum Gasteiger partial charge on any atom is -0.508 e. The van der Waals surface area contributed by atoms with Gasteiger partial charge in [-0.15, -0.1) is 24.8 Å². The average Bonchev–Trinajstić information content (AvgIpc) is 2.44. The Kier molecular flexibility index (Phi) is 9.52. The third-order valence-corrected chi connectivity index (χ3v) is 3.86. The molecule has 0 radical (unpaired) electrons. The fourth-order valence-corrected chi connectivity index (χ4v) is 2.85. The Hall–Kier alpha value is -1.03. The van der Waals surface area contributed by atoms with E-state index in [1.165, 1.54) is 11.1 Å². The number of phenolic OH excluding ortho intramolecular Hbond substituents is 1. The normalized spacial score (nSPS) is 10.5. The number of fused-ring (bicyclic) bond motifs is 1. The number of halogens is 2. The summed E-state index contributed by atoms with van der Waals surface area (Å²) in [4.78, 5) is 4.80. The Morgan fingerprint density at radius 2 is 1.87 bits per heavy atom. The molecule has 3 N–H and O–H groups in total. The number of hydrogen-bond acceptors (Lipinski definition) is 3. The Labute approximate surface area is 151 Å². The maximum Gasteiger partial charge on any atom is 0.116 e. The summed E-state index contributed by atoms with van der Waals surface area (Å²) in [7, 11) is 0. The number of nitrogens with two attached hydrogens (primary N) is 1. The second kappa shape index (κ2) is 9.96. The van der Waals surface area contributed by atoms with Gasteiger partial charge in [0.1, 0.15) is 5.75 Å². The van der Waals surface area contributed by atoms with Crippen LogP contribution in [0, 0.1) is 5.92 Å². The van der Waals surface area contributed by atoms with Gasteiger partial charge in [-0.3, -0.25) is 4.98 Å². The second-order valence-electron chi connectivity index (χ2n) is 6.12. The molecule has 23 heavy (non-hydrogen) atoms. The molecule has 1 aromatic carbocycles.